The van der Waals surface area contributed by atoms with Crippen molar-refractivity contribution in [2.45, 2.75) is 32.1 Å². The van der Waals surface area contributed by atoms with E-state index in [-0.39, 0.29) is 6.42 Å². The summed E-state index contributed by atoms with van der Waals surface area (Å²) in [6, 6.07) is 12.7. The highest BCUT2D eigenvalue weighted by molar-refractivity contribution is 5.86. The fourth-order valence-electron chi connectivity index (χ4n) is 3.19. The number of fused-ring (bicyclic) bond motifs is 1. The number of likely N-dealkylation sites (tertiary alicyclic amines) is 1. The highest BCUT2D eigenvalue weighted by Gasteiger charge is 2.48. The molecule has 104 valence electrons. The third-order valence-electron chi connectivity index (χ3n) is 4.23. The van der Waals surface area contributed by atoms with Gasteiger partial charge in [0, 0.05) is 18.4 Å². The van der Waals surface area contributed by atoms with Crippen molar-refractivity contribution < 1.29 is 13.8 Å². The topological polar surface area (TPSA) is 40.1 Å². The van der Waals surface area contributed by atoms with Crippen molar-refractivity contribution in [3.05, 3.63) is 53.2 Å². The van der Waals surface area contributed by atoms with Crippen molar-refractivity contribution in [1.82, 2.24) is 0 Å². The van der Waals surface area contributed by atoms with Crippen LogP contribution in [0, 0.1) is 5.21 Å². The molecule has 0 aliphatic carbocycles. The Balaban J connectivity index is 2.18. The van der Waals surface area contributed by atoms with E-state index in [1.807, 2.05) is 42.5 Å². The van der Waals surface area contributed by atoms with Gasteiger partial charge in [0.2, 0.25) is 6.30 Å². The molecular weight excluding hydrogens is 257 g/mol. The molecule has 1 saturated heterocycles. The molecular formula is C16H16FNO2. The first-order valence-electron chi connectivity index (χ1n) is 6.77. The van der Waals surface area contributed by atoms with Crippen LogP contribution in [0.25, 0.3) is 10.8 Å². The first-order valence-corrected chi connectivity index (χ1v) is 6.77. The molecule has 0 bridgehead atoms. The van der Waals surface area contributed by atoms with Crippen LogP contribution >= 0.6 is 0 Å². The zero-order chi connectivity index (χ0) is 14.3. The summed E-state index contributed by atoms with van der Waals surface area (Å²) in [5.74, 6) is -0.659. The van der Waals surface area contributed by atoms with Crippen LogP contribution in [0.1, 0.15) is 31.4 Å². The lowest BCUT2D eigenvalue weighted by molar-refractivity contribution is -0.862. The van der Waals surface area contributed by atoms with Gasteiger partial charge in [-0.05, 0) is 10.8 Å². The van der Waals surface area contributed by atoms with Crippen molar-refractivity contribution in [3.63, 3.8) is 0 Å². The molecule has 0 saturated carbocycles. The summed E-state index contributed by atoms with van der Waals surface area (Å²) in [4.78, 5) is 11.7. The Morgan fingerprint density at radius 2 is 1.90 bits per heavy atom. The second kappa shape index (κ2) is 4.65. The number of carbonyl (C=O) groups is 1. The molecule has 3 nitrogen and oxygen atoms in total. The molecule has 3 rings (SSSR count). The summed E-state index contributed by atoms with van der Waals surface area (Å²) in [6.07, 6.45) is -1.12. The second-order valence-electron chi connectivity index (χ2n) is 5.32. The number of hydrogen-bond donors (Lipinski definition) is 0. The van der Waals surface area contributed by atoms with E-state index >= 15 is 0 Å². The minimum absolute atomic E-state index is 0.136. The average molecular weight is 273 g/mol. The van der Waals surface area contributed by atoms with E-state index in [1.165, 1.54) is 6.92 Å². The molecule has 4 heteroatoms. The van der Waals surface area contributed by atoms with Crippen LogP contribution in [0.3, 0.4) is 0 Å². The highest BCUT2D eigenvalue weighted by Crippen LogP contribution is 2.45. The van der Waals surface area contributed by atoms with E-state index < -0.39 is 22.9 Å². The Morgan fingerprint density at radius 1 is 1.20 bits per heavy atom. The van der Waals surface area contributed by atoms with Gasteiger partial charge in [0.1, 0.15) is 6.04 Å². The van der Waals surface area contributed by atoms with E-state index in [1.54, 1.807) is 0 Å². The molecule has 1 fully saturated rings. The Bertz CT molecular complexity index is 667. The summed E-state index contributed by atoms with van der Waals surface area (Å²) in [6.45, 7) is 1.18. The van der Waals surface area contributed by atoms with Crippen LogP contribution in [0.5, 0.6) is 0 Å². The van der Waals surface area contributed by atoms with Crippen molar-refractivity contribution in [1.29, 1.82) is 0 Å². The lowest BCUT2D eigenvalue weighted by Crippen LogP contribution is -2.49. The molecule has 2 aromatic rings. The van der Waals surface area contributed by atoms with Gasteiger partial charge in [-0.15, -0.1) is 0 Å². The van der Waals surface area contributed by atoms with Gasteiger partial charge in [0.25, 0.3) is 0 Å². The lowest BCUT2D eigenvalue weighted by Gasteiger charge is -2.42. The molecule has 0 spiro atoms. The predicted octanol–water partition coefficient (Wildman–Crippen LogP) is 3.83. The maximum atomic E-state index is 14.0. The Labute approximate surface area is 116 Å². The predicted molar refractivity (Wildman–Crippen MR) is 75.1 cm³/mol. The molecule has 1 amide bonds. The maximum absolute atomic E-state index is 14.0. The minimum Gasteiger partial charge on any atom is -0.623 e. The monoisotopic (exact) mass is 273 g/mol. The zero-order valence-corrected chi connectivity index (χ0v) is 11.3. The van der Waals surface area contributed by atoms with Gasteiger partial charge in [-0.3, -0.25) is 4.65 Å². The quantitative estimate of drug-likeness (QED) is 0.450. The number of amides is 1. The number of rotatable bonds is 1. The summed E-state index contributed by atoms with van der Waals surface area (Å²) in [5.41, 5.74) is 0.772. The number of hydrogen-bond acceptors (Lipinski definition) is 2. The second-order valence-corrected chi connectivity index (χ2v) is 5.32. The van der Waals surface area contributed by atoms with Crippen molar-refractivity contribution in [2.75, 3.05) is 0 Å². The highest BCUT2D eigenvalue weighted by atomic mass is 19.1. The van der Waals surface area contributed by atoms with Gasteiger partial charge in [0.15, 0.2) is 0 Å². The van der Waals surface area contributed by atoms with Crippen molar-refractivity contribution in [2.24, 2.45) is 0 Å². The molecule has 1 aliphatic rings. The fourth-order valence-corrected chi connectivity index (χ4v) is 3.19. The standard InChI is InChI=1S/C16H16FNO2/c1-11(19)18(20)15(9-10-16(18)17)14-8-4-6-12-5-2-3-7-13(12)14/h2-8,15-16H,9-10H2,1H3. The van der Waals surface area contributed by atoms with Crippen LogP contribution in [-0.4, -0.2) is 16.8 Å². The van der Waals surface area contributed by atoms with Gasteiger partial charge >= 0.3 is 5.91 Å². The number of nitrogens with zero attached hydrogens (tertiary/aromatic N) is 1. The van der Waals surface area contributed by atoms with E-state index in [2.05, 4.69) is 0 Å². The van der Waals surface area contributed by atoms with Crippen molar-refractivity contribution in [3.8, 4) is 0 Å². The van der Waals surface area contributed by atoms with E-state index in [9.17, 15) is 14.4 Å². The van der Waals surface area contributed by atoms with Gasteiger partial charge in [-0.2, -0.15) is 4.39 Å². The molecule has 2 aromatic carbocycles. The van der Waals surface area contributed by atoms with Gasteiger partial charge < -0.3 is 5.21 Å². The van der Waals surface area contributed by atoms with Crippen LogP contribution in [0.4, 0.5) is 4.39 Å². The molecule has 0 N–H and O–H groups in total. The summed E-state index contributed by atoms with van der Waals surface area (Å²) >= 11 is 0. The zero-order valence-electron chi connectivity index (χ0n) is 11.3. The molecule has 20 heavy (non-hydrogen) atoms. The van der Waals surface area contributed by atoms with E-state index in [4.69, 9.17) is 0 Å². The number of quaternary nitrogens is 1. The van der Waals surface area contributed by atoms with Gasteiger partial charge in [-0.1, -0.05) is 42.5 Å². The summed E-state index contributed by atoms with van der Waals surface area (Å²) < 4.78 is 12.6. The summed E-state index contributed by atoms with van der Waals surface area (Å²) in [5, 5.41) is 14.6. The Hall–Kier alpha value is -1.78. The fraction of sp³-hybridized carbons (Fsp3) is 0.312. The largest absolute Gasteiger partial charge is 0.623 e. The average Bonchev–Trinajstić information content (AvgIpc) is 2.76. The molecule has 0 aromatic heterocycles. The number of hydroxylamine groups is 3. The number of benzene rings is 2. The Morgan fingerprint density at radius 3 is 2.65 bits per heavy atom. The third-order valence-corrected chi connectivity index (χ3v) is 4.23. The van der Waals surface area contributed by atoms with E-state index in [0.29, 0.717) is 6.42 Å². The molecule has 1 heterocycles. The first-order chi connectivity index (χ1) is 9.55. The van der Waals surface area contributed by atoms with E-state index in [0.717, 1.165) is 16.3 Å². The summed E-state index contributed by atoms with van der Waals surface area (Å²) in [7, 11) is 0. The normalized spacial score (nSPS) is 29.8. The minimum atomic E-state index is -1.66. The third kappa shape index (κ3) is 1.76. The lowest BCUT2D eigenvalue weighted by atomic mass is 9.97. The molecule has 1 aliphatic heterocycles. The van der Waals surface area contributed by atoms with Crippen LogP contribution in [0.2, 0.25) is 0 Å². The molecule has 0 radical (unpaired) electrons. The van der Waals surface area contributed by atoms with Crippen LogP contribution in [0.15, 0.2) is 42.5 Å². The van der Waals surface area contributed by atoms with Crippen LogP contribution < -0.4 is 0 Å². The smallest absolute Gasteiger partial charge is 0.313 e. The molecule has 3 unspecified atom stereocenters. The number of carbonyl (C=O) groups excluding carboxylic acids is 1. The van der Waals surface area contributed by atoms with Gasteiger partial charge in [0.05, 0.1) is 6.92 Å². The van der Waals surface area contributed by atoms with Crippen LogP contribution in [-0.2, 0) is 4.79 Å². The SMILES string of the molecule is CC(=O)[N+]1([O-])C(F)CCC1c1cccc2ccccc12. The number of halogens is 1. The maximum Gasteiger partial charge on any atom is 0.313 e. The Kier molecular flexibility index (Phi) is 3.07. The van der Waals surface area contributed by atoms with Gasteiger partial charge in [-0.25, -0.2) is 4.79 Å². The van der Waals surface area contributed by atoms with Crippen molar-refractivity contribution >= 4 is 16.7 Å². The number of alkyl halides is 1. The first kappa shape index (κ1) is 13.2. The molecule has 3 atom stereocenters.